The van der Waals surface area contributed by atoms with Gasteiger partial charge in [0.15, 0.2) is 0 Å². The van der Waals surface area contributed by atoms with E-state index in [2.05, 4.69) is 43.0 Å². The first-order valence-corrected chi connectivity index (χ1v) is 11.0. The van der Waals surface area contributed by atoms with Crippen LogP contribution in [0.3, 0.4) is 0 Å². The summed E-state index contributed by atoms with van der Waals surface area (Å²) in [4.78, 5) is 11.2. The van der Waals surface area contributed by atoms with E-state index in [-0.39, 0.29) is 13.2 Å². The average Bonchev–Trinajstić information content (AvgIpc) is 2.81. The van der Waals surface area contributed by atoms with Crippen LogP contribution >= 0.6 is 0 Å². The van der Waals surface area contributed by atoms with Gasteiger partial charge in [-0.2, -0.15) is 0 Å². The zero-order chi connectivity index (χ0) is 21.2. The molecule has 0 atom stereocenters. The normalized spacial score (nSPS) is 14.3. The number of aliphatic hydroxyl groups excluding tert-OH is 1. The molecule has 0 bridgehead atoms. The third-order valence-corrected chi connectivity index (χ3v) is 5.73. The van der Waals surface area contributed by atoms with Crippen molar-refractivity contribution in [1.82, 2.24) is 0 Å². The predicted molar refractivity (Wildman–Crippen MR) is 120 cm³/mol. The van der Waals surface area contributed by atoms with Gasteiger partial charge in [0, 0.05) is 6.08 Å². The summed E-state index contributed by atoms with van der Waals surface area (Å²) in [5.41, 5.74) is 4.82. The van der Waals surface area contributed by atoms with Crippen LogP contribution in [-0.2, 0) is 16.0 Å². The van der Waals surface area contributed by atoms with Crippen molar-refractivity contribution in [3.8, 4) is 16.9 Å². The minimum absolute atomic E-state index is 0.0270. The molecular weight excluding hydrogens is 376 g/mol. The maximum absolute atomic E-state index is 11.2. The van der Waals surface area contributed by atoms with Gasteiger partial charge in [-0.25, -0.2) is 4.79 Å². The first-order chi connectivity index (χ1) is 14.7. The largest absolute Gasteiger partial charge is 0.491 e. The van der Waals surface area contributed by atoms with E-state index in [1.165, 1.54) is 49.3 Å². The van der Waals surface area contributed by atoms with Gasteiger partial charge in [0.2, 0.25) is 0 Å². The number of benzene rings is 2. The fourth-order valence-corrected chi connectivity index (χ4v) is 4.13. The minimum Gasteiger partial charge on any atom is -0.491 e. The minimum atomic E-state index is -0.404. The number of esters is 1. The molecule has 160 valence electrons. The van der Waals surface area contributed by atoms with E-state index in [1.807, 2.05) is 6.07 Å². The van der Waals surface area contributed by atoms with Crippen molar-refractivity contribution in [2.24, 2.45) is 0 Å². The number of aryl methyl sites for hydroxylation is 1. The summed E-state index contributed by atoms with van der Waals surface area (Å²) in [6.45, 7) is 3.98. The number of aliphatic hydroxyl groups is 1. The summed E-state index contributed by atoms with van der Waals surface area (Å²) in [5, 5.41) is 9.09. The van der Waals surface area contributed by atoms with Gasteiger partial charge in [0.25, 0.3) is 0 Å². The fourth-order valence-electron chi connectivity index (χ4n) is 4.13. The monoisotopic (exact) mass is 408 g/mol. The van der Waals surface area contributed by atoms with Crippen LogP contribution in [0.1, 0.15) is 55.6 Å². The van der Waals surface area contributed by atoms with Gasteiger partial charge in [-0.05, 0) is 66.0 Å². The number of hydrogen-bond acceptors (Lipinski definition) is 4. The van der Waals surface area contributed by atoms with Crippen LogP contribution in [0.4, 0.5) is 0 Å². The second kappa shape index (κ2) is 11.6. The molecule has 0 spiro atoms. The van der Waals surface area contributed by atoms with Gasteiger partial charge in [-0.15, -0.1) is 0 Å². The molecule has 2 aromatic rings. The smallest absolute Gasteiger partial charge is 0.330 e. The Balaban J connectivity index is 1.72. The third-order valence-electron chi connectivity index (χ3n) is 5.73. The number of ether oxygens (including phenoxy) is 2. The molecule has 0 aromatic heterocycles. The second-order valence-electron chi connectivity index (χ2n) is 7.83. The Kier molecular flexibility index (Phi) is 8.52. The lowest BCUT2D eigenvalue weighted by molar-refractivity contribution is -0.137. The van der Waals surface area contributed by atoms with Crippen molar-refractivity contribution in [2.45, 2.75) is 50.9 Å². The van der Waals surface area contributed by atoms with E-state index in [9.17, 15) is 4.79 Å². The first-order valence-electron chi connectivity index (χ1n) is 11.0. The van der Waals surface area contributed by atoms with Crippen molar-refractivity contribution < 1.29 is 19.4 Å². The molecule has 1 aliphatic rings. The van der Waals surface area contributed by atoms with Crippen LogP contribution in [0.5, 0.6) is 5.75 Å². The van der Waals surface area contributed by atoms with Crippen LogP contribution in [0.25, 0.3) is 11.1 Å². The number of carbonyl (C=O) groups is 1. The molecule has 0 aliphatic heterocycles. The summed E-state index contributed by atoms with van der Waals surface area (Å²) >= 11 is 0. The van der Waals surface area contributed by atoms with Crippen molar-refractivity contribution in [1.29, 1.82) is 0 Å². The molecule has 1 N–H and O–H groups in total. The van der Waals surface area contributed by atoms with Crippen LogP contribution < -0.4 is 4.74 Å². The van der Waals surface area contributed by atoms with Gasteiger partial charge in [-0.1, -0.05) is 56.2 Å². The molecule has 4 heteroatoms. The maximum atomic E-state index is 11.2. The van der Waals surface area contributed by atoms with Gasteiger partial charge in [-0.3, -0.25) is 0 Å². The third kappa shape index (κ3) is 6.20. The van der Waals surface area contributed by atoms with Gasteiger partial charge in [0.05, 0.1) is 13.2 Å². The summed E-state index contributed by atoms with van der Waals surface area (Å²) in [6.07, 6.45) is 9.24. The SMILES string of the molecule is C=CC(=O)OCCCc1cc(-c2ccc(C3CCCCC3)cc2)ccc1OCCO. The highest BCUT2D eigenvalue weighted by atomic mass is 16.5. The summed E-state index contributed by atoms with van der Waals surface area (Å²) in [7, 11) is 0. The molecule has 0 unspecified atom stereocenters. The Bertz CT molecular complexity index is 819. The van der Waals surface area contributed by atoms with Crippen molar-refractivity contribution in [3.63, 3.8) is 0 Å². The maximum Gasteiger partial charge on any atom is 0.330 e. The standard InChI is InChI=1S/C26H32O4/c1-2-26(28)30-17-6-9-24-19-23(14-15-25(24)29-18-16-27)22-12-10-21(11-13-22)20-7-4-3-5-8-20/h2,10-15,19-20,27H,1,3-9,16-18H2. The summed E-state index contributed by atoms with van der Waals surface area (Å²) in [6, 6.07) is 15.1. The van der Waals surface area contributed by atoms with E-state index >= 15 is 0 Å². The molecule has 4 nitrogen and oxygen atoms in total. The van der Waals surface area contributed by atoms with Crippen LogP contribution in [-0.4, -0.2) is 30.9 Å². The average molecular weight is 409 g/mol. The highest BCUT2D eigenvalue weighted by molar-refractivity contribution is 5.81. The van der Waals surface area contributed by atoms with Crippen molar-refractivity contribution in [2.75, 3.05) is 19.8 Å². The van der Waals surface area contributed by atoms with Crippen molar-refractivity contribution >= 4 is 5.97 Å². The highest BCUT2D eigenvalue weighted by Crippen LogP contribution is 2.34. The fraction of sp³-hybridized carbons (Fsp3) is 0.423. The molecule has 1 fully saturated rings. The van der Waals surface area contributed by atoms with E-state index in [1.54, 1.807) is 0 Å². The second-order valence-corrected chi connectivity index (χ2v) is 7.83. The Morgan fingerprint density at radius 1 is 1.03 bits per heavy atom. The topological polar surface area (TPSA) is 55.8 Å². The molecule has 0 saturated heterocycles. The van der Waals surface area contributed by atoms with Crippen LogP contribution in [0.15, 0.2) is 55.1 Å². The van der Waals surface area contributed by atoms with Crippen LogP contribution in [0, 0.1) is 0 Å². The molecule has 0 radical (unpaired) electrons. The molecule has 0 amide bonds. The van der Waals surface area contributed by atoms with Gasteiger partial charge < -0.3 is 14.6 Å². The molecular formula is C26H32O4. The van der Waals surface area contributed by atoms with E-state index in [0.29, 0.717) is 18.9 Å². The quantitative estimate of drug-likeness (QED) is 0.323. The van der Waals surface area contributed by atoms with E-state index in [4.69, 9.17) is 14.6 Å². The lowest BCUT2D eigenvalue weighted by Gasteiger charge is -2.22. The molecule has 2 aromatic carbocycles. The molecule has 1 aliphatic carbocycles. The first kappa shape index (κ1) is 22.1. The Morgan fingerprint density at radius 2 is 1.77 bits per heavy atom. The lowest BCUT2D eigenvalue weighted by Crippen LogP contribution is -2.06. The molecule has 0 heterocycles. The Hall–Kier alpha value is -2.59. The zero-order valence-electron chi connectivity index (χ0n) is 17.6. The van der Waals surface area contributed by atoms with E-state index in [0.717, 1.165) is 23.3 Å². The van der Waals surface area contributed by atoms with Crippen molar-refractivity contribution in [3.05, 3.63) is 66.2 Å². The molecule has 1 saturated carbocycles. The highest BCUT2D eigenvalue weighted by Gasteiger charge is 2.15. The summed E-state index contributed by atoms with van der Waals surface area (Å²) in [5.74, 6) is 1.07. The van der Waals surface area contributed by atoms with Gasteiger partial charge >= 0.3 is 5.97 Å². The van der Waals surface area contributed by atoms with E-state index < -0.39 is 5.97 Å². The lowest BCUT2D eigenvalue weighted by atomic mass is 9.83. The zero-order valence-corrected chi connectivity index (χ0v) is 17.6. The number of carbonyl (C=O) groups excluding carboxylic acids is 1. The molecule has 3 rings (SSSR count). The number of hydrogen-bond donors (Lipinski definition) is 1. The predicted octanol–water partition coefficient (Wildman–Crippen LogP) is 5.43. The Labute approximate surface area is 179 Å². The number of rotatable bonds is 10. The van der Waals surface area contributed by atoms with Gasteiger partial charge in [0.1, 0.15) is 12.4 Å². The van der Waals surface area contributed by atoms with Crippen LogP contribution in [0.2, 0.25) is 0 Å². The summed E-state index contributed by atoms with van der Waals surface area (Å²) < 4.78 is 10.8. The Morgan fingerprint density at radius 3 is 2.47 bits per heavy atom. The molecule has 30 heavy (non-hydrogen) atoms.